The van der Waals surface area contributed by atoms with Crippen molar-refractivity contribution < 1.29 is 28.6 Å². The molecule has 8 heteroatoms. The number of anilines is 1. The van der Waals surface area contributed by atoms with Gasteiger partial charge in [-0.05, 0) is 49.1 Å². The van der Waals surface area contributed by atoms with Crippen LogP contribution >= 0.6 is 0 Å². The minimum Gasteiger partial charge on any atom is -0.324 e. The number of urea groups is 1. The molecular weight excluding hydrogens is 484 g/mol. The van der Waals surface area contributed by atoms with E-state index in [9.17, 15) is 14.4 Å². The highest BCUT2D eigenvalue weighted by atomic mass is 16.9. The molecule has 4 amide bonds. The number of amides is 4. The maximum atomic E-state index is 13.6. The monoisotopic (exact) mass is 514 g/mol. The molecule has 0 aromatic heterocycles. The third-order valence-corrected chi connectivity index (χ3v) is 6.73. The van der Waals surface area contributed by atoms with E-state index in [1.54, 1.807) is 24.3 Å². The van der Waals surface area contributed by atoms with Crippen LogP contribution in [0.15, 0.2) is 78.9 Å². The second-order valence-electron chi connectivity index (χ2n) is 9.16. The van der Waals surface area contributed by atoms with Gasteiger partial charge < -0.3 is 14.2 Å². The SMILES string of the molecule is CCOC1(OCC)OCc2cc(CC3C(=O)N(Cc4ccccc4)C(=O)N(c4ccccc4)C3=O)ccc21. The standard InChI is InChI=1S/C30H30N2O6/c1-3-36-30(37-4-2)26-16-15-22(17-23(26)20-38-30)18-25-27(33)31(19-21-11-7-5-8-12-21)29(35)32(28(25)34)24-13-9-6-10-14-24/h5-17,25H,3-4,18-20H2,1-2H3. The van der Waals surface area contributed by atoms with Crippen LogP contribution in [-0.4, -0.2) is 36.0 Å². The van der Waals surface area contributed by atoms with Gasteiger partial charge in [0, 0.05) is 18.8 Å². The number of imide groups is 2. The number of ether oxygens (including phenoxy) is 3. The van der Waals surface area contributed by atoms with Crippen molar-refractivity contribution in [1.82, 2.24) is 4.90 Å². The summed E-state index contributed by atoms with van der Waals surface area (Å²) in [6, 6.07) is 23.0. The van der Waals surface area contributed by atoms with Crippen LogP contribution in [0, 0.1) is 5.92 Å². The molecule has 2 aliphatic heterocycles. The van der Waals surface area contributed by atoms with Gasteiger partial charge in [-0.2, -0.15) is 0 Å². The van der Waals surface area contributed by atoms with E-state index in [1.165, 1.54) is 4.90 Å². The van der Waals surface area contributed by atoms with Crippen molar-refractivity contribution in [3.63, 3.8) is 0 Å². The molecule has 0 spiro atoms. The largest absolute Gasteiger partial charge is 0.338 e. The van der Waals surface area contributed by atoms with Crippen molar-refractivity contribution in [2.45, 2.75) is 39.4 Å². The molecule has 0 saturated carbocycles. The summed E-state index contributed by atoms with van der Waals surface area (Å²) in [6.45, 7) is 4.93. The molecule has 0 bridgehead atoms. The summed E-state index contributed by atoms with van der Waals surface area (Å²) in [6.07, 6.45) is 0.142. The Balaban J connectivity index is 1.47. The van der Waals surface area contributed by atoms with E-state index in [1.807, 2.05) is 68.4 Å². The van der Waals surface area contributed by atoms with E-state index < -0.39 is 29.7 Å². The smallest absolute Gasteiger partial charge is 0.324 e. The molecule has 8 nitrogen and oxygen atoms in total. The third-order valence-electron chi connectivity index (χ3n) is 6.73. The second-order valence-corrected chi connectivity index (χ2v) is 9.16. The van der Waals surface area contributed by atoms with E-state index in [-0.39, 0.29) is 19.6 Å². The van der Waals surface area contributed by atoms with E-state index >= 15 is 0 Å². The lowest BCUT2D eigenvalue weighted by Gasteiger charge is -2.37. The number of carbonyl (C=O) groups is 3. The molecule has 196 valence electrons. The van der Waals surface area contributed by atoms with Crippen molar-refractivity contribution in [2.24, 2.45) is 5.92 Å². The summed E-state index contributed by atoms with van der Waals surface area (Å²) in [4.78, 5) is 43.0. The summed E-state index contributed by atoms with van der Waals surface area (Å²) in [5.41, 5.74) is 3.66. The van der Waals surface area contributed by atoms with E-state index in [0.717, 1.165) is 27.2 Å². The van der Waals surface area contributed by atoms with Crippen LogP contribution in [0.4, 0.5) is 10.5 Å². The highest BCUT2D eigenvalue weighted by molar-refractivity contribution is 6.27. The first-order valence-electron chi connectivity index (χ1n) is 12.8. The fourth-order valence-electron chi connectivity index (χ4n) is 5.00. The quantitative estimate of drug-likeness (QED) is 0.303. The number of para-hydroxylation sites is 1. The van der Waals surface area contributed by atoms with Crippen molar-refractivity contribution in [2.75, 3.05) is 18.1 Å². The summed E-state index contributed by atoms with van der Waals surface area (Å²) in [5, 5.41) is 0. The summed E-state index contributed by atoms with van der Waals surface area (Å²) in [7, 11) is 0. The highest BCUT2D eigenvalue weighted by Gasteiger charge is 2.47. The Kier molecular flexibility index (Phi) is 7.37. The van der Waals surface area contributed by atoms with Crippen LogP contribution in [-0.2, 0) is 49.3 Å². The third kappa shape index (κ3) is 4.74. The number of fused-ring (bicyclic) bond motifs is 1. The lowest BCUT2D eigenvalue weighted by atomic mass is 9.92. The Bertz CT molecular complexity index is 1320. The zero-order valence-corrected chi connectivity index (χ0v) is 21.5. The van der Waals surface area contributed by atoms with Gasteiger partial charge in [-0.15, -0.1) is 0 Å². The van der Waals surface area contributed by atoms with Gasteiger partial charge >= 0.3 is 12.0 Å². The molecule has 1 atom stereocenters. The lowest BCUT2D eigenvalue weighted by molar-refractivity contribution is -0.384. The molecule has 0 radical (unpaired) electrons. The average Bonchev–Trinajstić information content (AvgIpc) is 3.28. The topological polar surface area (TPSA) is 85.4 Å². The first-order valence-corrected chi connectivity index (χ1v) is 12.8. The molecular formula is C30H30N2O6. The van der Waals surface area contributed by atoms with Gasteiger partial charge in [0.25, 0.3) is 0 Å². The maximum Gasteiger partial charge on any atom is 0.338 e. The molecule has 38 heavy (non-hydrogen) atoms. The maximum absolute atomic E-state index is 13.6. The molecule has 2 heterocycles. The molecule has 0 aliphatic carbocycles. The Hall–Kier alpha value is -3.85. The zero-order chi connectivity index (χ0) is 26.7. The van der Waals surface area contributed by atoms with E-state index in [2.05, 4.69) is 0 Å². The van der Waals surface area contributed by atoms with E-state index in [0.29, 0.717) is 18.9 Å². The second kappa shape index (κ2) is 10.9. The molecule has 1 saturated heterocycles. The number of nitrogens with zero attached hydrogens (tertiary/aromatic N) is 2. The van der Waals surface area contributed by atoms with Gasteiger partial charge in [0.2, 0.25) is 11.8 Å². The van der Waals surface area contributed by atoms with Crippen LogP contribution in [0.25, 0.3) is 0 Å². The van der Waals surface area contributed by atoms with Crippen LogP contribution in [0.5, 0.6) is 0 Å². The van der Waals surface area contributed by atoms with Crippen molar-refractivity contribution in [3.8, 4) is 0 Å². The van der Waals surface area contributed by atoms with Gasteiger partial charge in [0.05, 0.1) is 18.8 Å². The van der Waals surface area contributed by atoms with E-state index in [4.69, 9.17) is 14.2 Å². The number of hydrogen-bond donors (Lipinski definition) is 0. The first kappa shape index (κ1) is 25.8. The summed E-state index contributed by atoms with van der Waals surface area (Å²) < 4.78 is 17.6. The molecule has 3 aromatic carbocycles. The zero-order valence-electron chi connectivity index (χ0n) is 21.5. The number of barbiturate groups is 1. The van der Waals surface area contributed by atoms with Crippen molar-refractivity contribution in [3.05, 3.63) is 101 Å². The Morgan fingerprint density at radius 1 is 0.842 bits per heavy atom. The minimum atomic E-state index is -1.25. The highest BCUT2D eigenvalue weighted by Crippen LogP contribution is 2.39. The van der Waals surface area contributed by atoms with Crippen LogP contribution in [0.3, 0.4) is 0 Å². The predicted molar refractivity (Wildman–Crippen MR) is 140 cm³/mol. The minimum absolute atomic E-state index is 0.0783. The Morgan fingerprint density at radius 2 is 1.50 bits per heavy atom. The number of hydrogen-bond acceptors (Lipinski definition) is 6. The normalized spacial score (nSPS) is 18.7. The summed E-state index contributed by atoms with van der Waals surface area (Å²) >= 11 is 0. The molecule has 1 fully saturated rings. The van der Waals surface area contributed by atoms with Crippen LogP contribution < -0.4 is 4.90 Å². The lowest BCUT2D eigenvalue weighted by Crippen LogP contribution is -2.60. The average molecular weight is 515 g/mol. The Labute approximate surface area is 221 Å². The fourth-order valence-corrected chi connectivity index (χ4v) is 5.00. The van der Waals surface area contributed by atoms with Gasteiger partial charge in [0.15, 0.2) is 0 Å². The molecule has 1 unspecified atom stereocenters. The number of benzene rings is 3. The van der Waals surface area contributed by atoms with Gasteiger partial charge in [-0.25, -0.2) is 9.69 Å². The van der Waals surface area contributed by atoms with Crippen LogP contribution in [0.1, 0.15) is 36.1 Å². The van der Waals surface area contributed by atoms with Crippen molar-refractivity contribution >= 4 is 23.5 Å². The number of rotatable bonds is 9. The molecule has 2 aliphatic rings. The van der Waals surface area contributed by atoms with Gasteiger partial charge in [-0.1, -0.05) is 66.7 Å². The Morgan fingerprint density at radius 3 is 2.16 bits per heavy atom. The molecule has 3 aromatic rings. The number of carbonyl (C=O) groups excluding carboxylic acids is 3. The summed E-state index contributed by atoms with van der Waals surface area (Å²) in [5.74, 6) is -3.35. The van der Waals surface area contributed by atoms with Crippen LogP contribution in [0.2, 0.25) is 0 Å². The molecule has 0 N–H and O–H groups in total. The van der Waals surface area contributed by atoms with Crippen molar-refractivity contribution in [1.29, 1.82) is 0 Å². The van der Waals surface area contributed by atoms with Gasteiger partial charge in [-0.3, -0.25) is 14.5 Å². The predicted octanol–water partition coefficient (Wildman–Crippen LogP) is 4.75. The fraction of sp³-hybridized carbons (Fsp3) is 0.300. The first-order chi connectivity index (χ1) is 18.5. The van der Waals surface area contributed by atoms with Gasteiger partial charge in [0.1, 0.15) is 5.92 Å². The molecule has 5 rings (SSSR count).